The van der Waals surface area contributed by atoms with E-state index >= 15 is 0 Å². The number of halogens is 1. The summed E-state index contributed by atoms with van der Waals surface area (Å²) in [6, 6.07) is 0. The molecule has 1 aromatic heterocycles. The highest BCUT2D eigenvalue weighted by Gasteiger charge is 2.01. The highest BCUT2D eigenvalue weighted by atomic mass is 35.5. The third-order valence-corrected chi connectivity index (χ3v) is 1.68. The van der Waals surface area contributed by atoms with Gasteiger partial charge in [0.1, 0.15) is 0 Å². The van der Waals surface area contributed by atoms with Crippen LogP contribution in [0.1, 0.15) is 5.69 Å². The van der Waals surface area contributed by atoms with Gasteiger partial charge in [-0.05, 0) is 0 Å². The molecule has 1 aromatic rings. The zero-order chi connectivity index (χ0) is 8.27. The number of hydrogen-bond acceptors (Lipinski definition) is 3. The first-order valence-corrected chi connectivity index (χ1v) is 3.50. The number of anilines is 1. The van der Waals surface area contributed by atoms with E-state index in [1.165, 1.54) is 0 Å². The third kappa shape index (κ3) is 2.39. The van der Waals surface area contributed by atoms with Crippen LogP contribution in [0.15, 0.2) is 6.20 Å². The number of hydrogen-bond donors (Lipinski definition) is 1. The molecule has 0 saturated heterocycles. The van der Waals surface area contributed by atoms with Crippen LogP contribution < -0.4 is 5.73 Å². The fourth-order valence-corrected chi connectivity index (χ4v) is 0.900. The van der Waals surface area contributed by atoms with E-state index in [9.17, 15) is 0 Å². The second kappa shape index (κ2) is 5.00. The average Bonchev–Trinajstić information content (AvgIpc) is 2.31. The standard InChI is InChI=1S/C7H13N3O.ClH/c1-10-6(3-4-11-2)5-9-7(10)8;/h5H,3-4H2,1-2H3,(H2,8,9);1H. The summed E-state index contributed by atoms with van der Waals surface area (Å²) < 4.78 is 6.79. The first-order chi connectivity index (χ1) is 5.25. The molecule has 0 aliphatic carbocycles. The van der Waals surface area contributed by atoms with Gasteiger partial charge in [-0.25, -0.2) is 4.98 Å². The van der Waals surface area contributed by atoms with Crippen molar-refractivity contribution in [3.05, 3.63) is 11.9 Å². The lowest BCUT2D eigenvalue weighted by Gasteiger charge is -2.01. The number of nitrogens with two attached hydrogens (primary N) is 1. The number of nitrogen functional groups attached to an aromatic ring is 1. The van der Waals surface area contributed by atoms with Crippen molar-refractivity contribution >= 4 is 18.4 Å². The maximum absolute atomic E-state index is 5.52. The highest BCUT2D eigenvalue weighted by molar-refractivity contribution is 5.85. The number of ether oxygens (including phenoxy) is 1. The average molecular weight is 192 g/mol. The molecule has 0 atom stereocenters. The van der Waals surface area contributed by atoms with Crippen LogP contribution in [0.25, 0.3) is 0 Å². The van der Waals surface area contributed by atoms with Gasteiger partial charge in [0, 0.05) is 26.3 Å². The SMILES string of the molecule is COCCc1cnc(N)n1C.Cl. The number of nitrogens with zero attached hydrogens (tertiary/aromatic N) is 2. The molecule has 0 spiro atoms. The molecule has 1 rings (SSSR count). The Bertz CT molecular complexity index is 237. The van der Waals surface area contributed by atoms with Crippen molar-refractivity contribution in [2.75, 3.05) is 19.5 Å². The summed E-state index contributed by atoms with van der Waals surface area (Å²) >= 11 is 0. The maximum atomic E-state index is 5.52. The van der Waals surface area contributed by atoms with Crippen LogP contribution in [-0.4, -0.2) is 23.3 Å². The van der Waals surface area contributed by atoms with E-state index in [2.05, 4.69) is 4.98 Å². The molecule has 12 heavy (non-hydrogen) atoms. The number of imidazole rings is 1. The molecule has 4 nitrogen and oxygen atoms in total. The molecule has 0 aliphatic heterocycles. The molecule has 0 aromatic carbocycles. The smallest absolute Gasteiger partial charge is 0.200 e. The van der Waals surface area contributed by atoms with Crippen molar-refractivity contribution in [2.45, 2.75) is 6.42 Å². The van der Waals surface area contributed by atoms with E-state index in [0.717, 1.165) is 12.1 Å². The second-order valence-electron chi connectivity index (χ2n) is 2.41. The second-order valence-corrected chi connectivity index (χ2v) is 2.41. The lowest BCUT2D eigenvalue weighted by molar-refractivity contribution is 0.201. The van der Waals surface area contributed by atoms with Gasteiger partial charge in [-0.3, -0.25) is 0 Å². The number of aromatic nitrogens is 2. The Morgan fingerprint density at radius 2 is 2.33 bits per heavy atom. The summed E-state index contributed by atoms with van der Waals surface area (Å²) in [7, 11) is 3.58. The van der Waals surface area contributed by atoms with E-state index in [4.69, 9.17) is 10.5 Å². The van der Waals surface area contributed by atoms with Crippen molar-refractivity contribution in [1.82, 2.24) is 9.55 Å². The molecule has 70 valence electrons. The maximum Gasteiger partial charge on any atom is 0.200 e. The molecule has 0 saturated carbocycles. The largest absolute Gasteiger partial charge is 0.384 e. The Morgan fingerprint density at radius 1 is 1.67 bits per heavy atom. The van der Waals surface area contributed by atoms with Gasteiger partial charge in [-0.1, -0.05) is 0 Å². The predicted molar refractivity (Wildman–Crippen MR) is 50.4 cm³/mol. The van der Waals surface area contributed by atoms with Crippen LogP contribution in [-0.2, 0) is 18.2 Å². The van der Waals surface area contributed by atoms with Gasteiger partial charge in [-0.2, -0.15) is 0 Å². The van der Waals surface area contributed by atoms with E-state index in [1.807, 2.05) is 11.6 Å². The number of methoxy groups -OCH3 is 1. The van der Waals surface area contributed by atoms with Crippen LogP contribution >= 0.6 is 12.4 Å². The van der Waals surface area contributed by atoms with Gasteiger partial charge in [0.05, 0.1) is 12.8 Å². The topological polar surface area (TPSA) is 53.1 Å². The minimum Gasteiger partial charge on any atom is -0.384 e. The summed E-state index contributed by atoms with van der Waals surface area (Å²) in [5, 5.41) is 0. The predicted octanol–water partition coefficient (Wildman–Crippen LogP) is 0.613. The van der Waals surface area contributed by atoms with Crippen LogP contribution in [0, 0.1) is 0 Å². The monoisotopic (exact) mass is 191 g/mol. The quantitative estimate of drug-likeness (QED) is 0.762. The molecule has 0 fully saturated rings. The van der Waals surface area contributed by atoms with Crippen LogP contribution in [0.4, 0.5) is 5.95 Å². The molecular formula is C7H14ClN3O. The van der Waals surface area contributed by atoms with Gasteiger partial charge in [0.25, 0.3) is 0 Å². The van der Waals surface area contributed by atoms with Gasteiger partial charge in [-0.15, -0.1) is 12.4 Å². The first kappa shape index (κ1) is 11.3. The Labute approximate surface area is 78.1 Å². The van der Waals surface area contributed by atoms with Gasteiger partial charge >= 0.3 is 0 Å². The molecule has 0 amide bonds. The van der Waals surface area contributed by atoms with E-state index in [1.54, 1.807) is 13.3 Å². The molecule has 0 radical (unpaired) electrons. The summed E-state index contributed by atoms with van der Waals surface area (Å²) in [5.74, 6) is 0.552. The molecular weight excluding hydrogens is 178 g/mol. The van der Waals surface area contributed by atoms with E-state index in [0.29, 0.717) is 12.6 Å². The Kier molecular flexibility index (Phi) is 4.70. The molecule has 0 aliphatic rings. The molecule has 0 unspecified atom stereocenters. The molecule has 0 bridgehead atoms. The Balaban J connectivity index is 0.00000121. The van der Waals surface area contributed by atoms with Gasteiger partial charge < -0.3 is 15.0 Å². The number of rotatable bonds is 3. The third-order valence-electron chi connectivity index (χ3n) is 1.68. The lowest BCUT2D eigenvalue weighted by Crippen LogP contribution is -2.03. The Morgan fingerprint density at radius 3 is 2.75 bits per heavy atom. The fraction of sp³-hybridized carbons (Fsp3) is 0.571. The highest BCUT2D eigenvalue weighted by Crippen LogP contribution is 2.04. The summed E-state index contributed by atoms with van der Waals surface area (Å²) in [6.45, 7) is 0.707. The van der Waals surface area contributed by atoms with E-state index < -0.39 is 0 Å². The first-order valence-electron chi connectivity index (χ1n) is 3.50. The Hall–Kier alpha value is -0.740. The van der Waals surface area contributed by atoms with Crippen LogP contribution in [0.5, 0.6) is 0 Å². The van der Waals surface area contributed by atoms with E-state index in [-0.39, 0.29) is 12.4 Å². The van der Waals surface area contributed by atoms with Crippen LogP contribution in [0.2, 0.25) is 0 Å². The minimum atomic E-state index is 0. The fourth-order valence-electron chi connectivity index (χ4n) is 0.900. The summed E-state index contributed by atoms with van der Waals surface area (Å²) in [6.07, 6.45) is 2.63. The lowest BCUT2D eigenvalue weighted by atomic mass is 10.3. The zero-order valence-corrected chi connectivity index (χ0v) is 8.10. The molecule has 2 N–H and O–H groups in total. The minimum absolute atomic E-state index is 0. The molecule has 1 heterocycles. The molecule has 5 heteroatoms. The normalized spacial score (nSPS) is 9.50. The van der Waals surface area contributed by atoms with Crippen molar-refractivity contribution in [3.63, 3.8) is 0 Å². The summed E-state index contributed by atoms with van der Waals surface area (Å²) in [4.78, 5) is 3.95. The van der Waals surface area contributed by atoms with Crippen molar-refractivity contribution in [2.24, 2.45) is 7.05 Å². The van der Waals surface area contributed by atoms with Gasteiger partial charge in [0.2, 0.25) is 0 Å². The van der Waals surface area contributed by atoms with Crippen molar-refractivity contribution < 1.29 is 4.74 Å². The van der Waals surface area contributed by atoms with Crippen molar-refractivity contribution in [1.29, 1.82) is 0 Å². The van der Waals surface area contributed by atoms with Crippen molar-refractivity contribution in [3.8, 4) is 0 Å². The summed E-state index contributed by atoms with van der Waals surface area (Å²) in [5.41, 5.74) is 6.62. The van der Waals surface area contributed by atoms with Crippen LogP contribution in [0.3, 0.4) is 0 Å². The zero-order valence-electron chi connectivity index (χ0n) is 7.28. The van der Waals surface area contributed by atoms with Gasteiger partial charge in [0.15, 0.2) is 5.95 Å².